The Bertz CT molecular complexity index is 505. The van der Waals surface area contributed by atoms with Crippen LogP contribution >= 0.6 is 0 Å². The molecule has 0 bridgehead atoms. The maximum Gasteiger partial charge on any atom is 0.162 e. The Morgan fingerprint density at radius 1 is 1.40 bits per heavy atom. The fourth-order valence-corrected chi connectivity index (χ4v) is 2.29. The van der Waals surface area contributed by atoms with Crippen molar-refractivity contribution in [2.24, 2.45) is 0 Å². The molecule has 1 N–H and O–H groups in total. The highest BCUT2D eigenvalue weighted by Gasteiger charge is 2.25. The van der Waals surface area contributed by atoms with Crippen molar-refractivity contribution in [3.8, 4) is 5.75 Å². The van der Waals surface area contributed by atoms with Crippen LogP contribution in [-0.4, -0.2) is 23.4 Å². The second-order valence-corrected chi connectivity index (χ2v) is 4.72. The van der Waals surface area contributed by atoms with E-state index in [0.29, 0.717) is 0 Å². The summed E-state index contributed by atoms with van der Waals surface area (Å²) in [5, 5.41) is 7.94. The molecule has 0 amide bonds. The van der Waals surface area contributed by atoms with Gasteiger partial charge in [-0.25, -0.2) is 0 Å². The van der Waals surface area contributed by atoms with Crippen molar-refractivity contribution in [1.29, 1.82) is 0 Å². The van der Waals surface area contributed by atoms with Crippen LogP contribution < -0.4 is 10.1 Å². The summed E-state index contributed by atoms with van der Waals surface area (Å²) in [7, 11) is 1.68. The van der Waals surface area contributed by atoms with Crippen LogP contribution in [0.25, 0.3) is 0 Å². The quantitative estimate of drug-likeness (QED) is 0.806. The van der Waals surface area contributed by atoms with E-state index >= 15 is 0 Å². The number of aromatic nitrogens is 2. The Kier molecular flexibility index (Phi) is 5.24. The summed E-state index contributed by atoms with van der Waals surface area (Å²) in [6, 6.07) is 3.85. The average Bonchev–Trinajstić information content (AvgIpc) is 3.10. The van der Waals surface area contributed by atoms with Gasteiger partial charge in [-0.15, -0.1) is 0 Å². The topological polar surface area (TPSA) is 52.2 Å². The van der Waals surface area contributed by atoms with Gasteiger partial charge in [-0.1, -0.05) is 13.8 Å². The summed E-state index contributed by atoms with van der Waals surface area (Å²) in [4.78, 5) is 0. The van der Waals surface area contributed by atoms with E-state index in [1.807, 2.05) is 16.8 Å². The Balaban J connectivity index is 2.38. The van der Waals surface area contributed by atoms with Gasteiger partial charge in [-0.05, 0) is 31.5 Å². The molecule has 5 nitrogen and oxygen atoms in total. The molecule has 0 aliphatic rings. The number of ether oxygens (including phenoxy) is 1. The smallest absolute Gasteiger partial charge is 0.162 e. The summed E-state index contributed by atoms with van der Waals surface area (Å²) >= 11 is 0. The van der Waals surface area contributed by atoms with Crippen molar-refractivity contribution >= 4 is 0 Å². The molecule has 2 rings (SSSR count). The van der Waals surface area contributed by atoms with E-state index in [2.05, 4.69) is 24.3 Å². The lowest BCUT2D eigenvalue weighted by atomic mass is 10.1. The van der Waals surface area contributed by atoms with Gasteiger partial charge in [-0.3, -0.25) is 4.68 Å². The Morgan fingerprint density at radius 2 is 2.25 bits per heavy atom. The summed E-state index contributed by atoms with van der Waals surface area (Å²) < 4.78 is 13.1. The summed E-state index contributed by atoms with van der Waals surface area (Å²) in [5.41, 5.74) is 1.03. The van der Waals surface area contributed by atoms with Gasteiger partial charge >= 0.3 is 0 Å². The van der Waals surface area contributed by atoms with Gasteiger partial charge in [0.05, 0.1) is 19.6 Å². The largest absolute Gasteiger partial charge is 0.493 e. The molecule has 1 unspecified atom stereocenters. The minimum absolute atomic E-state index is 0.0334. The van der Waals surface area contributed by atoms with Gasteiger partial charge in [0.15, 0.2) is 5.75 Å². The first-order valence-electron chi connectivity index (χ1n) is 7.18. The van der Waals surface area contributed by atoms with Gasteiger partial charge in [0.25, 0.3) is 0 Å². The Morgan fingerprint density at radius 3 is 2.85 bits per heavy atom. The lowest BCUT2D eigenvalue weighted by Gasteiger charge is -2.19. The molecule has 110 valence electrons. The predicted molar refractivity (Wildman–Crippen MR) is 77.9 cm³/mol. The van der Waals surface area contributed by atoms with E-state index in [1.54, 1.807) is 19.6 Å². The number of nitrogens with one attached hydrogen (secondary N) is 1. The molecule has 1 atom stereocenters. The van der Waals surface area contributed by atoms with Crippen molar-refractivity contribution in [1.82, 2.24) is 15.1 Å². The van der Waals surface area contributed by atoms with E-state index in [0.717, 1.165) is 43.1 Å². The number of methoxy groups -OCH3 is 1. The second-order valence-electron chi connectivity index (χ2n) is 4.72. The zero-order chi connectivity index (χ0) is 14.4. The molecule has 2 aromatic rings. The number of furan rings is 1. The summed E-state index contributed by atoms with van der Waals surface area (Å²) in [6.45, 7) is 6.06. The molecule has 0 aromatic carbocycles. The summed E-state index contributed by atoms with van der Waals surface area (Å²) in [6.07, 6.45) is 5.55. The molecule has 0 radical (unpaired) electrons. The number of hydrogen-bond donors (Lipinski definition) is 1. The zero-order valence-corrected chi connectivity index (χ0v) is 12.4. The number of nitrogens with zero attached hydrogens (tertiary/aromatic N) is 2. The molecule has 0 saturated heterocycles. The van der Waals surface area contributed by atoms with Crippen LogP contribution in [0, 0.1) is 0 Å². The number of hydrogen-bond acceptors (Lipinski definition) is 4. The normalized spacial score (nSPS) is 12.6. The molecule has 0 spiro atoms. The average molecular weight is 277 g/mol. The van der Waals surface area contributed by atoms with Crippen LogP contribution in [0.1, 0.15) is 44.2 Å². The van der Waals surface area contributed by atoms with E-state index in [9.17, 15) is 0 Å². The van der Waals surface area contributed by atoms with Crippen molar-refractivity contribution < 1.29 is 9.15 Å². The van der Waals surface area contributed by atoms with E-state index in [-0.39, 0.29) is 6.04 Å². The highest BCUT2D eigenvalue weighted by Crippen LogP contribution is 2.30. The fourth-order valence-electron chi connectivity index (χ4n) is 2.29. The van der Waals surface area contributed by atoms with E-state index in [4.69, 9.17) is 9.15 Å². The maximum atomic E-state index is 5.59. The second kappa shape index (κ2) is 7.14. The van der Waals surface area contributed by atoms with Crippen LogP contribution in [0.4, 0.5) is 0 Å². The predicted octanol–water partition coefficient (Wildman–Crippen LogP) is 2.98. The van der Waals surface area contributed by atoms with Crippen LogP contribution in [0.3, 0.4) is 0 Å². The highest BCUT2D eigenvalue weighted by molar-refractivity contribution is 5.33. The molecule has 2 heterocycles. The van der Waals surface area contributed by atoms with Crippen molar-refractivity contribution in [3.05, 3.63) is 36.0 Å². The van der Waals surface area contributed by atoms with Gasteiger partial charge < -0.3 is 14.5 Å². The third-order valence-electron chi connectivity index (χ3n) is 3.20. The van der Waals surface area contributed by atoms with Crippen LogP contribution in [0.15, 0.2) is 29.0 Å². The van der Waals surface area contributed by atoms with Crippen LogP contribution in [0.2, 0.25) is 0 Å². The molecule has 0 aliphatic carbocycles. The first-order valence-corrected chi connectivity index (χ1v) is 7.18. The Hall–Kier alpha value is -1.75. The molecular weight excluding hydrogens is 254 g/mol. The minimum atomic E-state index is -0.0334. The number of rotatable bonds is 8. The van der Waals surface area contributed by atoms with Crippen LogP contribution in [0.5, 0.6) is 5.75 Å². The van der Waals surface area contributed by atoms with Crippen molar-refractivity contribution in [3.63, 3.8) is 0 Å². The third-order valence-corrected chi connectivity index (χ3v) is 3.20. The van der Waals surface area contributed by atoms with Gasteiger partial charge in [-0.2, -0.15) is 5.10 Å². The monoisotopic (exact) mass is 277 g/mol. The molecule has 0 fully saturated rings. The fraction of sp³-hybridized carbons (Fsp3) is 0.533. The third kappa shape index (κ3) is 3.04. The first kappa shape index (κ1) is 14.7. The molecule has 0 aliphatic heterocycles. The van der Waals surface area contributed by atoms with Gasteiger partial charge in [0.2, 0.25) is 0 Å². The van der Waals surface area contributed by atoms with Crippen molar-refractivity contribution in [2.45, 2.75) is 39.3 Å². The SMILES string of the molecule is CCCNC(c1ccco1)c1c(OC)cnn1CCC. The van der Waals surface area contributed by atoms with E-state index in [1.165, 1.54) is 0 Å². The zero-order valence-electron chi connectivity index (χ0n) is 12.4. The van der Waals surface area contributed by atoms with E-state index < -0.39 is 0 Å². The molecular formula is C15H23N3O2. The number of aryl methyl sites for hydroxylation is 1. The molecule has 2 aromatic heterocycles. The van der Waals surface area contributed by atoms with Gasteiger partial charge in [0.1, 0.15) is 17.5 Å². The summed E-state index contributed by atoms with van der Waals surface area (Å²) in [5.74, 6) is 1.68. The molecule has 0 saturated carbocycles. The Labute approximate surface area is 119 Å². The maximum absolute atomic E-state index is 5.59. The van der Waals surface area contributed by atoms with Crippen molar-refractivity contribution in [2.75, 3.05) is 13.7 Å². The lowest BCUT2D eigenvalue weighted by molar-refractivity contribution is 0.381. The van der Waals surface area contributed by atoms with Gasteiger partial charge in [0, 0.05) is 6.54 Å². The van der Waals surface area contributed by atoms with Crippen LogP contribution in [-0.2, 0) is 6.54 Å². The minimum Gasteiger partial charge on any atom is -0.493 e. The highest BCUT2D eigenvalue weighted by atomic mass is 16.5. The molecule has 20 heavy (non-hydrogen) atoms. The molecule has 5 heteroatoms. The standard InChI is InChI=1S/C15H23N3O2/c1-4-8-16-14(12-7-6-10-20-12)15-13(19-3)11-17-18(15)9-5-2/h6-7,10-11,14,16H,4-5,8-9H2,1-3H3. The first-order chi connectivity index (χ1) is 9.81. The lowest BCUT2D eigenvalue weighted by Crippen LogP contribution is -2.26.